The van der Waals surface area contributed by atoms with Gasteiger partial charge in [-0.2, -0.15) is 0 Å². The van der Waals surface area contributed by atoms with Crippen molar-refractivity contribution in [2.45, 2.75) is 18.9 Å². The van der Waals surface area contributed by atoms with E-state index in [1.54, 1.807) is 7.11 Å². The summed E-state index contributed by atoms with van der Waals surface area (Å²) in [7, 11) is 3.69. The summed E-state index contributed by atoms with van der Waals surface area (Å²) < 4.78 is 23.3. The first-order valence-corrected chi connectivity index (χ1v) is 9.64. The van der Waals surface area contributed by atoms with Gasteiger partial charge >= 0.3 is 0 Å². The van der Waals surface area contributed by atoms with Crippen molar-refractivity contribution in [1.29, 1.82) is 0 Å². The largest absolute Gasteiger partial charge is 0.492 e. The molecule has 0 aromatic heterocycles. The minimum Gasteiger partial charge on any atom is -0.492 e. The fourth-order valence-corrected chi connectivity index (χ4v) is 4.66. The lowest BCUT2D eigenvalue weighted by Gasteiger charge is -2.37. The molecule has 1 atom stereocenters. The second-order valence-electron chi connectivity index (χ2n) is 6.75. The van der Waals surface area contributed by atoms with Gasteiger partial charge in [0.15, 0.2) is 11.5 Å². The third-order valence-electron chi connectivity index (χ3n) is 5.37. The Bertz CT molecular complexity index is 720. The minimum absolute atomic E-state index is 0.0603. The van der Waals surface area contributed by atoms with Crippen LogP contribution in [0.25, 0.3) is 0 Å². The number of fused-ring (bicyclic) bond motifs is 2. The van der Waals surface area contributed by atoms with Crippen molar-refractivity contribution in [1.82, 2.24) is 9.80 Å². The number of hydrogen-bond donors (Lipinski definition) is 0. The molecule has 26 heavy (non-hydrogen) atoms. The Labute approximate surface area is 161 Å². The van der Waals surface area contributed by atoms with Crippen molar-refractivity contribution < 1.29 is 23.7 Å². The average molecular weight is 427 g/mol. The van der Waals surface area contributed by atoms with Crippen LogP contribution in [0.4, 0.5) is 0 Å². The Balaban J connectivity index is 1.71. The standard InChI is InChI=1S/C18H23BrN2O5/c1-20-4-3-11-14(12(20)9-13(22)21-5-7-24-8-6-21)16(23-2)18-17(15(11)19)25-10-26-18/h12H,3-10H2,1-2H3. The van der Waals surface area contributed by atoms with Crippen LogP contribution in [-0.2, 0) is 16.0 Å². The predicted molar refractivity (Wildman–Crippen MR) is 97.9 cm³/mol. The molecule has 8 heteroatoms. The van der Waals surface area contributed by atoms with Gasteiger partial charge in [-0.1, -0.05) is 0 Å². The maximum Gasteiger partial charge on any atom is 0.231 e. The van der Waals surface area contributed by atoms with Crippen molar-refractivity contribution >= 4 is 21.8 Å². The summed E-state index contributed by atoms with van der Waals surface area (Å²) in [5, 5.41) is 0. The monoisotopic (exact) mass is 426 g/mol. The zero-order chi connectivity index (χ0) is 18.3. The van der Waals surface area contributed by atoms with Gasteiger partial charge in [0, 0.05) is 37.7 Å². The van der Waals surface area contributed by atoms with Crippen LogP contribution in [0.3, 0.4) is 0 Å². The number of rotatable bonds is 3. The number of ether oxygens (including phenoxy) is 4. The molecule has 0 N–H and O–H groups in total. The average Bonchev–Trinajstić information content (AvgIpc) is 3.15. The number of carbonyl (C=O) groups is 1. The summed E-state index contributed by atoms with van der Waals surface area (Å²) in [5.74, 6) is 2.15. The summed E-state index contributed by atoms with van der Waals surface area (Å²) in [6.45, 7) is 3.58. The molecule has 1 aromatic carbocycles. The van der Waals surface area contributed by atoms with Gasteiger partial charge in [-0.25, -0.2) is 0 Å². The SMILES string of the molecule is COc1c2c(c(Br)c3c1C(CC(=O)N1CCOCC1)N(C)CC3)OCO2. The summed E-state index contributed by atoms with van der Waals surface area (Å²) in [6, 6.07) is -0.0603. The summed E-state index contributed by atoms with van der Waals surface area (Å²) in [5.41, 5.74) is 2.17. The van der Waals surface area contributed by atoms with E-state index in [1.807, 2.05) is 4.90 Å². The number of nitrogens with zero attached hydrogens (tertiary/aromatic N) is 2. The number of methoxy groups -OCH3 is 1. The van der Waals surface area contributed by atoms with Gasteiger partial charge in [0.1, 0.15) is 0 Å². The van der Waals surface area contributed by atoms with Crippen molar-refractivity contribution in [3.05, 3.63) is 15.6 Å². The number of hydrogen-bond acceptors (Lipinski definition) is 6. The van der Waals surface area contributed by atoms with Gasteiger partial charge in [0.25, 0.3) is 0 Å². The van der Waals surface area contributed by atoms with Gasteiger partial charge < -0.3 is 23.8 Å². The molecule has 1 aromatic rings. The molecule has 1 fully saturated rings. The molecule has 3 aliphatic heterocycles. The van der Waals surface area contributed by atoms with E-state index in [2.05, 4.69) is 27.9 Å². The van der Waals surface area contributed by atoms with Crippen LogP contribution in [0.5, 0.6) is 17.2 Å². The molecule has 4 rings (SSSR count). The quantitative estimate of drug-likeness (QED) is 0.736. The molecule has 1 unspecified atom stereocenters. The van der Waals surface area contributed by atoms with Crippen LogP contribution in [0, 0.1) is 0 Å². The topological polar surface area (TPSA) is 60.5 Å². The maximum atomic E-state index is 12.9. The van der Waals surface area contributed by atoms with E-state index >= 15 is 0 Å². The van der Waals surface area contributed by atoms with E-state index < -0.39 is 0 Å². The van der Waals surface area contributed by atoms with Crippen LogP contribution in [0.15, 0.2) is 4.47 Å². The highest BCUT2D eigenvalue weighted by atomic mass is 79.9. The molecular weight excluding hydrogens is 404 g/mol. The third-order valence-corrected chi connectivity index (χ3v) is 6.21. The Hall–Kier alpha value is -1.51. The van der Waals surface area contributed by atoms with Crippen molar-refractivity contribution in [2.75, 3.05) is 53.8 Å². The number of carbonyl (C=O) groups excluding carboxylic acids is 1. The van der Waals surface area contributed by atoms with E-state index in [-0.39, 0.29) is 18.7 Å². The van der Waals surface area contributed by atoms with Crippen LogP contribution in [0.1, 0.15) is 23.6 Å². The molecule has 0 saturated carbocycles. The summed E-state index contributed by atoms with van der Waals surface area (Å²) in [4.78, 5) is 17.0. The van der Waals surface area contributed by atoms with Crippen molar-refractivity contribution in [3.8, 4) is 17.2 Å². The smallest absolute Gasteiger partial charge is 0.231 e. The Morgan fingerprint density at radius 1 is 1.23 bits per heavy atom. The predicted octanol–water partition coefficient (Wildman–Crippen LogP) is 1.96. The van der Waals surface area contributed by atoms with Crippen molar-refractivity contribution in [3.63, 3.8) is 0 Å². The molecule has 0 radical (unpaired) electrons. The second-order valence-corrected chi connectivity index (χ2v) is 7.54. The first kappa shape index (κ1) is 17.9. The Kier molecular flexibility index (Phi) is 4.98. The van der Waals surface area contributed by atoms with E-state index in [1.165, 1.54) is 0 Å². The Morgan fingerprint density at radius 3 is 2.69 bits per heavy atom. The lowest BCUT2D eigenvalue weighted by atomic mass is 9.89. The number of amides is 1. The first-order valence-electron chi connectivity index (χ1n) is 8.85. The van der Waals surface area contributed by atoms with Crippen LogP contribution >= 0.6 is 15.9 Å². The number of likely N-dealkylation sites (N-methyl/N-ethyl adjacent to an activating group) is 1. The molecule has 3 aliphatic rings. The zero-order valence-corrected chi connectivity index (χ0v) is 16.6. The molecule has 0 spiro atoms. The van der Waals surface area contributed by atoms with Crippen LogP contribution in [0.2, 0.25) is 0 Å². The molecule has 1 amide bonds. The molecule has 0 aliphatic carbocycles. The highest BCUT2D eigenvalue weighted by Crippen LogP contribution is 2.54. The maximum absolute atomic E-state index is 12.9. The lowest BCUT2D eigenvalue weighted by Crippen LogP contribution is -2.43. The van der Waals surface area contributed by atoms with Crippen molar-refractivity contribution in [2.24, 2.45) is 0 Å². The lowest BCUT2D eigenvalue weighted by molar-refractivity contribution is -0.136. The summed E-state index contributed by atoms with van der Waals surface area (Å²) >= 11 is 3.68. The molecule has 7 nitrogen and oxygen atoms in total. The van der Waals surface area contributed by atoms with Crippen LogP contribution in [-0.4, -0.2) is 69.5 Å². The minimum atomic E-state index is -0.0603. The van der Waals surface area contributed by atoms with E-state index in [9.17, 15) is 4.79 Å². The number of benzene rings is 1. The van der Waals surface area contributed by atoms with Gasteiger partial charge in [-0.3, -0.25) is 9.69 Å². The fraction of sp³-hybridized carbons (Fsp3) is 0.611. The summed E-state index contributed by atoms with van der Waals surface area (Å²) in [6.07, 6.45) is 1.27. The molecule has 1 saturated heterocycles. The number of halogens is 1. The highest BCUT2D eigenvalue weighted by molar-refractivity contribution is 9.10. The van der Waals surface area contributed by atoms with Crippen LogP contribution < -0.4 is 14.2 Å². The fourth-order valence-electron chi connectivity index (χ4n) is 3.95. The van der Waals surface area contributed by atoms with Gasteiger partial charge in [-0.15, -0.1) is 0 Å². The zero-order valence-electron chi connectivity index (χ0n) is 15.0. The second kappa shape index (κ2) is 7.25. The van der Waals surface area contributed by atoms with Gasteiger partial charge in [-0.05, 0) is 35.0 Å². The van der Waals surface area contributed by atoms with Gasteiger partial charge in [0.2, 0.25) is 18.4 Å². The van der Waals surface area contributed by atoms with E-state index in [0.717, 1.165) is 28.6 Å². The molecule has 0 bridgehead atoms. The van der Waals surface area contributed by atoms with E-state index in [0.29, 0.717) is 50.0 Å². The highest BCUT2D eigenvalue weighted by Gasteiger charge is 2.38. The molecule has 3 heterocycles. The van der Waals surface area contributed by atoms with E-state index in [4.69, 9.17) is 18.9 Å². The normalized spacial score (nSPS) is 22.3. The Morgan fingerprint density at radius 2 is 1.96 bits per heavy atom. The first-order chi connectivity index (χ1) is 12.6. The van der Waals surface area contributed by atoms with Gasteiger partial charge in [0.05, 0.1) is 24.8 Å². The molecule has 142 valence electrons. The number of morpholine rings is 1. The third kappa shape index (κ3) is 2.93. The molecular formula is C18H23BrN2O5.